The first-order valence-corrected chi connectivity index (χ1v) is 28.8. The third kappa shape index (κ3) is 24.3. The summed E-state index contributed by atoms with van der Waals surface area (Å²) in [6.07, 6.45) is 39.7. The van der Waals surface area contributed by atoms with Crippen LogP contribution in [0.1, 0.15) is 230 Å². The van der Waals surface area contributed by atoms with Gasteiger partial charge in [0.2, 0.25) is 0 Å². The first kappa shape index (κ1) is 59.3. The van der Waals surface area contributed by atoms with Crippen molar-refractivity contribution in [3.8, 4) is 0 Å². The van der Waals surface area contributed by atoms with Crippen LogP contribution in [0.5, 0.6) is 0 Å². The fourth-order valence-electron chi connectivity index (χ4n) is 9.10. The van der Waals surface area contributed by atoms with E-state index in [0.29, 0.717) is 0 Å². The Morgan fingerprint density at radius 3 is 0.877 bits per heavy atom. The molecule has 0 atom stereocenters. The number of benzene rings is 4. The van der Waals surface area contributed by atoms with Crippen LogP contribution in [0.4, 0.5) is 0 Å². The fraction of sp³-hybridized carbons (Fsp3) is 0.643. The molecule has 9 heteroatoms. The molecule has 0 bridgehead atoms. The zero-order valence-corrected chi connectivity index (χ0v) is 46.7. The molecule has 4 rings (SSSR count). The predicted molar refractivity (Wildman–Crippen MR) is 276 cm³/mol. The summed E-state index contributed by atoms with van der Waals surface area (Å²) >= 11 is 0. The monoisotopic (exact) mass is 1130 g/mol. The van der Waals surface area contributed by atoms with Gasteiger partial charge >= 0.3 is 27.3 Å². The van der Waals surface area contributed by atoms with Gasteiger partial charge < -0.3 is 9.11 Å². The van der Waals surface area contributed by atoms with E-state index in [1.165, 1.54) is 201 Å². The average molecular weight is 1130 g/mol. The fourth-order valence-corrected chi connectivity index (χ4v) is 10.1. The van der Waals surface area contributed by atoms with E-state index in [1.54, 1.807) is 12.1 Å². The molecule has 0 N–H and O–H groups in total. The molecule has 0 spiro atoms. The summed E-state index contributed by atoms with van der Waals surface area (Å²) in [7, 11) is -8.87. The van der Waals surface area contributed by atoms with Crippen molar-refractivity contribution >= 4 is 69.1 Å². The van der Waals surface area contributed by atoms with E-state index in [4.69, 9.17) is 0 Å². The molecule has 0 unspecified atom stereocenters. The zero-order valence-electron chi connectivity index (χ0n) is 41.2. The van der Waals surface area contributed by atoms with E-state index < -0.39 is 20.2 Å². The summed E-state index contributed by atoms with van der Waals surface area (Å²) < 4.78 is 69.3. The van der Waals surface area contributed by atoms with Crippen LogP contribution in [-0.2, 0) is 45.9 Å². The van der Waals surface area contributed by atoms with E-state index in [1.807, 2.05) is 12.1 Å². The second-order valence-corrected chi connectivity index (χ2v) is 21.4. The summed E-state index contributed by atoms with van der Waals surface area (Å²) in [6, 6.07) is 18.6. The molecule has 0 fully saturated rings. The van der Waals surface area contributed by atoms with Crippen LogP contribution < -0.4 is 0 Å². The topological polar surface area (TPSA) is 114 Å². The molecule has 0 aliphatic carbocycles. The molecule has 4 aromatic carbocycles. The summed E-state index contributed by atoms with van der Waals surface area (Å²) in [5.41, 5.74) is 5.06. The van der Waals surface area contributed by atoms with Crippen molar-refractivity contribution in [1.82, 2.24) is 0 Å². The van der Waals surface area contributed by atoms with Crippen molar-refractivity contribution in [3.63, 3.8) is 0 Å². The first-order valence-electron chi connectivity index (χ1n) is 25.9. The van der Waals surface area contributed by atoms with E-state index in [-0.39, 0.29) is 37.1 Å². The van der Waals surface area contributed by atoms with Crippen LogP contribution in [0.15, 0.2) is 70.5 Å². The molecule has 362 valence electrons. The molecule has 0 aliphatic rings. The normalized spacial score (nSPS) is 11.8. The smallest absolute Gasteiger partial charge is 0.744 e. The average Bonchev–Trinajstić information content (AvgIpc) is 3.27. The molecule has 0 saturated heterocycles. The second kappa shape index (κ2) is 34.4. The molecule has 0 aliphatic heterocycles. The number of fused-ring (bicyclic) bond motifs is 2. The van der Waals surface area contributed by atoms with Crippen molar-refractivity contribution < 1.29 is 25.9 Å². The Bertz CT molecular complexity index is 1960. The van der Waals surface area contributed by atoms with Gasteiger partial charge in [0, 0.05) is 0 Å². The van der Waals surface area contributed by atoms with E-state index in [9.17, 15) is 25.9 Å². The van der Waals surface area contributed by atoms with Gasteiger partial charge in [0.1, 0.15) is 20.2 Å². The van der Waals surface area contributed by atoms with Gasteiger partial charge in [0.05, 0.1) is 9.79 Å². The Morgan fingerprint density at radius 1 is 0.338 bits per heavy atom. The molecule has 65 heavy (non-hydrogen) atoms. The van der Waals surface area contributed by atoms with Crippen LogP contribution in [0, 0.1) is 0 Å². The molecular weight excluding hydrogens is 1040 g/mol. The van der Waals surface area contributed by atoms with Crippen molar-refractivity contribution in [2.75, 3.05) is 0 Å². The molecular formula is C56H86O6PbS2. The maximum absolute atomic E-state index is 11.6. The molecule has 4 aromatic rings. The van der Waals surface area contributed by atoms with Gasteiger partial charge in [-0.15, -0.1) is 0 Å². The number of hydrogen-bond acceptors (Lipinski definition) is 6. The maximum atomic E-state index is 11.6. The van der Waals surface area contributed by atoms with Crippen molar-refractivity contribution in [2.24, 2.45) is 0 Å². The summed E-state index contributed by atoms with van der Waals surface area (Å²) in [5, 5.41) is 3.96. The van der Waals surface area contributed by atoms with Gasteiger partial charge in [-0.3, -0.25) is 0 Å². The minimum Gasteiger partial charge on any atom is -0.744 e. The quantitative estimate of drug-likeness (QED) is 0.0261. The zero-order chi connectivity index (χ0) is 46.5. The Kier molecular flexibility index (Phi) is 31.4. The molecule has 0 heterocycles. The Morgan fingerprint density at radius 2 is 0.600 bits per heavy atom. The van der Waals surface area contributed by atoms with E-state index in [0.717, 1.165) is 60.1 Å². The molecule has 0 aromatic heterocycles. The number of hydrogen-bond donors (Lipinski definition) is 0. The standard InChI is InChI=1S/2C28H44O3S.Pb/c2*1-3-5-7-9-11-13-15-17-24-21-25(18-16-14-12-10-8-6-4-2)28-23-27(32(29,30)31)20-19-26(28)22-24;/h2*19-23H,3-18H2,1-2H3,(H,29,30,31);/q;;+2/p-2. The minimum absolute atomic E-state index is 0. The molecule has 0 amide bonds. The Balaban J connectivity index is 0.000000440. The van der Waals surface area contributed by atoms with Crippen LogP contribution in [0.3, 0.4) is 0 Å². The summed E-state index contributed by atoms with van der Waals surface area (Å²) in [5.74, 6) is 0. The Hall–Kier alpha value is -1.86. The van der Waals surface area contributed by atoms with Crippen LogP contribution in [0.25, 0.3) is 21.5 Å². The first-order chi connectivity index (χ1) is 30.9. The third-order valence-electron chi connectivity index (χ3n) is 13.0. The van der Waals surface area contributed by atoms with Crippen molar-refractivity contribution in [1.29, 1.82) is 0 Å². The SMILES string of the molecule is CCCCCCCCCc1cc(CCCCCCCCC)c2cc(S(=O)(=O)[O-])ccc2c1.CCCCCCCCCc1cc(CCCCCCCCC)c2cc(S(=O)(=O)[O-])ccc2c1.[Pb+2]. The molecule has 6 nitrogen and oxygen atoms in total. The van der Waals surface area contributed by atoms with E-state index >= 15 is 0 Å². The number of aryl methyl sites for hydroxylation is 4. The van der Waals surface area contributed by atoms with Gasteiger partial charge in [-0.25, -0.2) is 16.8 Å². The van der Waals surface area contributed by atoms with Gasteiger partial charge in [0.25, 0.3) is 0 Å². The summed E-state index contributed by atoms with van der Waals surface area (Å²) in [4.78, 5) is -0.240. The summed E-state index contributed by atoms with van der Waals surface area (Å²) in [6.45, 7) is 8.97. The van der Waals surface area contributed by atoms with Gasteiger partial charge in [0.15, 0.2) is 0 Å². The van der Waals surface area contributed by atoms with Crippen LogP contribution in [-0.4, -0.2) is 53.2 Å². The second-order valence-electron chi connectivity index (χ2n) is 18.7. The van der Waals surface area contributed by atoms with Gasteiger partial charge in [-0.05, 0) is 119 Å². The van der Waals surface area contributed by atoms with Gasteiger partial charge in [-0.1, -0.05) is 218 Å². The largest absolute Gasteiger partial charge is 2.00 e. The van der Waals surface area contributed by atoms with Crippen LogP contribution in [0.2, 0.25) is 0 Å². The van der Waals surface area contributed by atoms with E-state index in [2.05, 4.69) is 52.0 Å². The molecule has 0 saturated carbocycles. The Labute approximate surface area is 418 Å². The minimum atomic E-state index is -4.44. The number of rotatable bonds is 34. The van der Waals surface area contributed by atoms with Crippen molar-refractivity contribution in [2.45, 2.75) is 243 Å². The molecule has 2 radical (unpaired) electrons. The van der Waals surface area contributed by atoms with Crippen molar-refractivity contribution in [3.05, 3.63) is 82.9 Å². The third-order valence-corrected chi connectivity index (χ3v) is 14.6. The predicted octanol–water partition coefficient (Wildman–Crippen LogP) is 16.3. The van der Waals surface area contributed by atoms with Gasteiger partial charge in [-0.2, -0.15) is 0 Å². The number of unbranched alkanes of at least 4 members (excludes halogenated alkanes) is 24. The van der Waals surface area contributed by atoms with Crippen LogP contribution >= 0.6 is 0 Å². The maximum Gasteiger partial charge on any atom is 2.00 e.